The summed E-state index contributed by atoms with van der Waals surface area (Å²) in [6.07, 6.45) is 2.47. The zero-order valence-electron chi connectivity index (χ0n) is 14.6. The summed E-state index contributed by atoms with van der Waals surface area (Å²) in [5, 5.41) is 12.7. The van der Waals surface area contributed by atoms with Gasteiger partial charge in [0.05, 0.1) is 11.6 Å². The van der Waals surface area contributed by atoms with Gasteiger partial charge in [-0.25, -0.2) is 4.68 Å². The van der Waals surface area contributed by atoms with E-state index < -0.39 is 0 Å². The Morgan fingerprint density at radius 1 is 1.09 bits per heavy atom. The van der Waals surface area contributed by atoms with Gasteiger partial charge in [-0.1, -0.05) is 37.3 Å². The van der Waals surface area contributed by atoms with Crippen LogP contribution in [-0.2, 0) is 5.54 Å². The van der Waals surface area contributed by atoms with Crippen LogP contribution in [0.15, 0.2) is 30.3 Å². The number of aromatic nitrogens is 4. The Labute approximate surface area is 138 Å². The molecular formula is C18H27N5. The Morgan fingerprint density at radius 2 is 1.74 bits per heavy atom. The molecule has 0 bridgehead atoms. The predicted octanol–water partition coefficient (Wildman–Crippen LogP) is 3.25. The van der Waals surface area contributed by atoms with Gasteiger partial charge >= 0.3 is 0 Å². The third-order valence-electron chi connectivity index (χ3n) is 4.67. The lowest BCUT2D eigenvalue weighted by Crippen LogP contribution is -2.39. The highest BCUT2D eigenvalue weighted by molar-refractivity contribution is 5.25. The van der Waals surface area contributed by atoms with Gasteiger partial charge in [0.2, 0.25) is 0 Å². The number of rotatable bonds is 3. The summed E-state index contributed by atoms with van der Waals surface area (Å²) >= 11 is 0. The summed E-state index contributed by atoms with van der Waals surface area (Å²) < 4.78 is 1.97. The fourth-order valence-corrected chi connectivity index (χ4v) is 3.29. The summed E-state index contributed by atoms with van der Waals surface area (Å²) in [5.41, 5.74) is 1.14. The van der Waals surface area contributed by atoms with Crippen LogP contribution in [0.1, 0.15) is 58.0 Å². The van der Waals surface area contributed by atoms with Crippen molar-refractivity contribution in [3.8, 4) is 0 Å². The summed E-state index contributed by atoms with van der Waals surface area (Å²) in [7, 11) is 0. The van der Waals surface area contributed by atoms with E-state index in [0.29, 0.717) is 0 Å². The van der Waals surface area contributed by atoms with Gasteiger partial charge in [-0.2, -0.15) is 0 Å². The predicted molar refractivity (Wildman–Crippen MR) is 91.1 cm³/mol. The first kappa shape index (κ1) is 16.1. The van der Waals surface area contributed by atoms with E-state index in [1.807, 2.05) is 4.68 Å². The smallest absolute Gasteiger partial charge is 0.173 e. The molecule has 1 fully saturated rings. The van der Waals surface area contributed by atoms with E-state index in [4.69, 9.17) is 0 Å². The highest BCUT2D eigenvalue weighted by atomic mass is 15.6. The Bertz CT molecular complexity index is 620. The Morgan fingerprint density at radius 3 is 2.35 bits per heavy atom. The van der Waals surface area contributed by atoms with E-state index in [1.165, 1.54) is 18.4 Å². The molecule has 1 saturated heterocycles. The topological polar surface area (TPSA) is 46.8 Å². The lowest BCUT2D eigenvalue weighted by atomic mass is 9.95. The van der Waals surface area contributed by atoms with Crippen molar-refractivity contribution in [2.45, 2.75) is 52.1 Å². The van der Waals surface area contributed by atoms with Crippen molar-refractivity contribution in [3.63, 3.8) is 0 Å². The van der Waals surface area contributed by atoms with Crippen molar-refractivity contribution in [2.24, 2.45) is 5.92 Å². The van der Waals surface area contributed by atoms with Crippen LogP contribution in [0.3, 0.4) is 0 Å². The Hall–Kier alpha value is -1.75. The molecule has 1 aromatic heterocycles. The lowest BCUT2D eigenvalue weighted by molar-refractivity contribution is 0.145. The fourth-order valence-electron chi connectivity index (χ4n) is 3.29. The first-order chi connectivity index (χ1) is 11.0. The standard InChI is InChI=1S/C18H27N5/c1-14-10-12-22(13-11-14)16(15-8-6-5-7-9-15)17-19-20-21-23(17)18(2,3)4/h5-9,14,16H,10-13H2,1-4H3/t16-/m1/s1. The maximum absolute atomic E-state index is 4.41. The molecule has 2 aromatic rings. The number of likely N-dealkylation sites (tertiary alicyclic amines) is 1. The van der Waals surface area contributed by atoms with Crippen LogP contribution in [0.4, 0.5) is 0 Å². The maximum atomic E-state index is 4.41. The minimum atomic E-state index is -0.130. The van der Waals surface area contributed by atoms with Crippen LogP contribution in [0, 0.1) is 5.92 Å². The molecule has 0 saturated carbocycles. The first-order valence-electron chi connectivity index (χ1n) is 8.54. The van der Waals surface area contributed by atoms with E-state index >= 15 is 0 Å². The number of piperidine rings is 1. The average Bonchev–Trinajstić information content (AvgIpc) is 3.00. The van der Waals surface area contributed by atoms with Gasteiger partial charge in [-0.05, 0) is 68.6 Å². The third-order valence-corrected chi connectivity index (χ3v) is 4.67. The highest BCUT2D eigenvalue weighted by Crippen LogP contribution is 2.32. The van der Waals surface area contributed by atoms with E-state index in [0.717, 1.165) is 24.8 Å². The molecule has 0 amide bonds. The molecule has 23 heavy (non-hydrogen) atoms. The Balaban J connectivity index is 2.01. The minimum Gasteiger partial charge on any atom is -0.290 e. The lowest BCUT2D eigenvalue weighted by Gasteiger charge is -2.37. The van der Waals surface area contributed by atoms with Gasteiger partial charge in [0.15, 0.2) is 5.82 Å². The van der Waals surface area contributed by atoms with Crippen LogP contribution >= 0.6 is 0 Å². The molecule has 3 rings (SSSR count). The molecule has 0 radical (unpaired) electrons. The summed E-state index contributed by atoms with van der Waals surface area (Å²) in [6, 6.07) is 10.7. The van der Waals surface area contributed by atoms with Crippen LogP contribution in [0.2, 0.25) is 0 Å². The third kappa shape index (κ3) is 3.44. The zero-order chi connectivity index (χ0) is 16.4. The van der Waals surface area contributed by atoms with E-state index in [9.17, 15) is 0 Å². The van der Waals surface area contributed by atoms with E-state index in [-0.39, 0.29) is 11.6 Å². The van der Waals surface area contributed by atoms with Gasteiger partial charge in [-0.15, -0.1) is 5.10 Å². The number of hydrogen-bond acceptors (Lipinski definition) is 4. The van der Waals surface area contributed by atoms with Gasteiger partial charge in [0.25, 0.3) is 0 Å². The van der Waals surface area contributed by atoms with Crippen molar-refractivity contribution in [3.05, 3.63) is 41.7 Å². The molecule has 1 atom stereocenters. The molecule has 5 nitrogen and oxygen atoms in total. The Kier molecular flexibility index (Phi) is 4.48. The summed E-state index contributed by atoms with van der Waals surface area (Å²) in [6.45, 7) is 11.0. The summed E-state index contributed by atoms with van der Waals surface area (Å²) in [5.74, 6) is 1.75. The molecule has 1 aromatic carbocycles. The molecule has 124 valence electrons. The number of tetrazole rings is 1. The van der Waals surface area contributed by atoms with Crippen molar-refractivity contribution >= 4 is 0 Å². The molecule has 0 aliphatic carbocycles. The van der Waals surface area contributed by atoms with Crippen LogP contribution < -0.4 is 0 Å². The highest BCUT2D eigenvalue weighted by Gasteiger charge is 2.32. The number of benzene rings is 1. The zero-order valence-corrected chi connectivity index (χ0v) is 14.6. The molecule has 0 spiro atoms. The van der Waals surface area contributed by atoms with Gasteiger partial charge < -0.3 is 0 Å². The van der Waals surface area contributed by atoms with Crippen molar-refractivity contribution < 1.29 is 0 Å². The van der Waals surface area contributed by atoms with E-state index in [1.54, 1.807) is 0 Å². The molecular weight excluding hydrogens is 286 g/mol. The van der Waals surface area contributed by atoms with Crippen LogP contribution in [0.5, 0.6) is 0 Å². The van der Waals surface area contributed by atoms with Crippen molar-refractivity contribution in [2.75, 3.05) is 13.1 Å². The SMILES string of the molecule is CC1CCN([C@H](c2ccccc2)c2nnnn2C(C)(C)C)CC1. The van der Waals surface area contributed by atoms with Crippen molar-refractivity contribution in [1.29, 1.82) is 0 Å². The molecule has 1 aliphatic heterocycles. The molecule has 5 heteroatoms. The largest absolute Gasteiger partial charge is 0.290 e. The second kappa shape index (κ2) is 6.40. The average molecular weight is 313 g/mol. The fraction of sp³-hybridized carbons (Fsp3) is 0.611. The van der Waals surface area contributed by atoms with Crippen LogP contribution in [-0.4, -0.2) is 38.2 Å². The number of nitrogens with zero attached hydrogens (tertiary/aromatic N) is 5. The van der Waals surface area contributed by atoms with E-state index in [2.05, 4.69) is 78.5 Å². The van der Waals surface area contributed by atoms with Gasteiger partial charge in [0.1, 0.15) is 0 Å². The first-order valence-corrected chi connectivity index (χ1v) is 8.54. The summed E-state index contributed by atoms with van der Waals surface area (Å²) in [4.78, 5) is 2.53. The van der Waals surface area contributed by atoms with Crippen LogP contribution in [0.25, 0.3) is 0 Å². The monoisotopic (exact) mass is 313 g/mol. The molecule has 1 aliphatic rings. The number of hydrogen-bond donors (Lipinski definition) is 0. The second-order valence-electron chi connectivity index (χ2n) is 7.65. The molecule has 2 heterocycles. The van der Waals surface area contributed by atoms with Gasteiger partial charge in [0, 0.05) is 0 Å². The molecule has 0 N–H and O–H groups in total. The normalized spacial score (nSPS) is 19.0. The maximum Gasteiger partial charge on any atom is 0.173 e. The molecule has 0 unspecified atom stereocenters. The quantitative estimate of drug-likeness (QED) is 0.872. The van der Waals surface area contributed by atoms with Gasteiger partial charge in [-0.3, -0.25) is 4.90 Å². The van der Waals surface area contributed by atoms with Crippen molar-refractivity contribution in [1.82, 2.24) is 25.1 Å². The second-order valence-corrected chi connectivity index (χ2v) is 7.65. The minimum absolute atomic E-state index is 0.123.